The maximum atomic E-state index is 12.1. The van der Waals surface area contributed by atoms with Crippen molar-refractivity contribution in [2.24, 2.45) is 5.73 Å². The lowest BCUT2D eigenvalue weighted by molar-refractivity contribution is -0.121. The van der Waals surface area contributed by atoms with Gasteiger partial charge in [-0.2, -0.15) is 0 Å². The fourth-order valence-electron chi connectivity index (χ4n) is 1.56. The number of anilines is 1. The molecule has 0 aliphatic heterocycles. The van der Waals surface area contributed by atoms with Crippen LogP contribution in [0.5, 0.6) is 5.75 Å². The fourth-order valence-corrected chi connectivity index (χ4v) is 1.97. The van der Waals surface area contributed by atoms with E-state index < -0.39 is 5.54 Å². The van der Waals surface area contributed by atoms with Crippen LogP contribution in [0.3, 0.4) is 0 Å². The van der Waals surface area contributed by atoms with Gasteiger partial charge in [-0.1, -0.05) is 13.8 Å². The molecule has 1 aromatic rings. The van der Waals surface area contributed by atoms with Crippen molar-refractivity contribution in [3.63, 3.8) is 0 Å². The number of nitrogens with one attached hydrogen (secondary N) is 1. The van der Waals surface area contributed by atoms with Crippen LogP contribution in [0.2, 0.25) is 0 Å². The number of carbonyl (C=O) groups is 1. The minimum absolute atomic E-state index is 0.170. The third kappa shape index (κ3) is 3.23. The van der Waals surface area contributed by atoms with Crippen LogP contribution in [-0.2, 0) is 4.79 Å². The average Bonchev–Trinajstić information content (AvgIpc) is 2.39. The molecule has 0 atom stereocenters. The largest absolute Gasteiger partial charge is 0.495 e. The summed E-state index contributed by atoms with van der Waals surface area (Å²) in [4.78, 5) is 12.1. The molecular formula is C13H19BrN2O2. The lowest BCUT2D eigenvalue weighted by Gasteiger charge is -2.25. The van der Waals surface area contributed by atoms with Gasteiger partial charge >= 0.3 is 0 Å². The van der Waals surface area contributed by atoms with Crippen molar-refractivity contribution in [2.45, 2.75) is 32.2 Å². The molecule has 18 heavy (non-hydrogen) atoms. The predicted molar refractivity (Wildman–Crippen MR) is 76.8 cm³/mol. The van der Waals surface area contributed by atoms with E-state index >= 15 is 0 Å². The molecule has 0 fully saturated rings. The van der Waals surface area contributed by atoms with Crippen molar-refractivity contribution in [1.29, 1.82) is 0 Å². The molecule has 5 heteroatoms. The van der Waals surface area contributed by atoms with Crippen molar-refractivity contribution in [2.75, 3.05) is 12.4 Å². The Kier molecular flexibility index (Phi) is 5.16. The molecule has 0 saturated carbocycles. The Morgan fingerprint density at radius 2 is 2.06 bits per heavy atom. The van der Waals surface area contributed by atoms with Crippen molar-refractivity contribution >= 4 is 27.5 Å². The second-order valence-corrected chi connectivity index (χ2v) is 5.02. The molecule has 0 aromatic heterocycles. The summed E-state index contributed by atoms with van der Waals surface area (Å²) in [6, 6.07) is 5.38. The highest BCUT2D eigenvalue weighted by Gasteiger charge is 2.29. The normalized spacial score (nSPS) is 11.2. The van der Waals surface area contributed by atoms with Crippen LogP contribution >= 0.6 is 15.9 Å². The lowest BCUT2D eigenvalue weighted by Crippen LogP contribution is -2.50. The number of halogens is 1. The Morgan fingerprint density at radius 1 is 1.44 bits per heavy atom. The highest BCUT2D eigenvalue weighted by molar-refractivity contribution is 9.10. The first-order valence-electron chi connectivity index (χ1n) is 5.90. The minimum atomic E-state index is -0.819. The molecule has 0 heterocycles. The number of hydrogen-bond acceptors (Lipinski definition) is 3. The molecule has 0 spiro atoms. The summed E-state index contributed by atoms with van der Waals surface area (Å²) in [6.07, 6.45) is 1.20. The van der Waals surface area contributed by atoms with Crippen LogP contribution < -0.4 is 15.8 Å². The van der Waals surface area contributed by atoms with E-state index in [0.29, 0.717) is 24.3 Å². The molecule has 0 aliphatic rings. The van der Waals surface area contributed by atoms with Gasteiger partial charge in [-0.3, -0.25) is 4.79 Å². The highest BCUT2D eigenvalue weighted by atomic mass is 79.9. The van der Waals surface area contributed by atoms with Gasteiger partial charge in [0.05, 0.1) is 17.1 Å². The third-order valence-electron chi connectivity index (χ3n) is 3.12. The van der Waals surface area contributed by atoms with Crippen LogP contribution in [0.25, 0.3) is 0 Å². The third-order valence-corrected chi connectivity index (χ3v) is 3.78. The van der Waals surface area contributed by atoms with E-state index in [9.17, 15) is 4.79 Å². The summed E-state index contributed by atoms with van der Waals surface area (Å²) in [6.45, 7) is 3.82. The van der Waals surface area contributed by atoms with Gasteiger partial charge in [-0.05, 0) is 40.9 Å². The molecule has 0 bridgehead atoms. The molecule has 1 rings (SSSR count). The Balaban J connectivity index is 2.88. The predicted octanol–water partition coefficient (Wildman–Crippen LogP) is 2.91. The number of rotatable bonds is 5. The van der Waals surface area contributed by atoms with E-state index in [1.807, 2.05) is 19.9 Å². The standard InChI is InChI=1S/C13H19BrN2O2/c1-4-13(15,5-2)12(17)16-9-6-7-10(14)11(8-9)18-3/h6-8H,4-5,15H2,1-3H3,(H,16,17). The van der Waals surface area contributed by atoms with Crippen molar-refractivity contribution < 1.29 is 9.53 Å². The topological polar surface area (TPSA) is 64.4 Å². The molecule has 0 radical (unpaired) electrons. The zero-order valence-electron chi connectivity index (χ0n) is 10.9. The van der Waals surface area contributed by atoms with Gasteiger partial charge in [0, 0.05) is 11.8 Å². The van der Waals surface area contributed by atoms with E-state index in [1.54, 1.807) is 19.2 Å². The van der Waals surface area contributed by atoms with E-state index in [4.69, 9.17) is 10.5 Å². The summed E-state index contributed by atoms with van der Waals surface area (Å²) >= 11 is 3.36. The second kappa shape index (κ2) is 6.20. The quantitative estimate of drug-likeness (QED) is 0.878. The monoisotopic (exact) mass is 314 g/mol. The van der Waals surface area contributed by atoms with Crippen molar-refractivity contribution in [3.05, 3.63) is 22.7 Å². The van der Waals surface area contributed by atoms with Gasteiger partial charge in [0.25, 0.3) is 0 Å². The van der Waals surface area contributed by atoms with E-state index in [0.717, 1.165) is 4.47 Å². The fraction of sp³-hybridized carbons (Fsp3) is 0.462. The number of benzene rings is 1. The summed E-state index contributed by atoms with van der Waals surface area (Å²) in [5.74, 6) is 0.500. The Morgan fingerprint density at radius 3 is 2.56 bits per heavy atom. The summed E-state index contributed by atoms with van der Waals surface area (Å²) in [7, 11) is 1.58. The van der Waals surface area contributed by atoms with E-state index in [2.05, 4.69) is 21.2 Å². The summed E-state index contributed by atoms with van der Waals surface area (Å²) in [5, 5.41) is 2.82. The number of methoxy groups -OCH3 is 1. The Labute approximate surface area is 116 Å². The molecule has 1 aromatic carbocycles. The Hall–Kier alpha value is -1.07. The molecule has 3 N–H and O–H groups in total. The number of nitrogens with two attached hydrogens (primary N) is 1. The number of hydrogen-bond donors (Lipinski definition) is 2. The van der Waals surface area contributed by atoms with Gasteiger partial charge in [0.15, 0.2) is 0 Å². The first-order chi connectivity index (χ1) is 8.46. The van der Waals surface area contributed by atoms with E-state index in [-0.39, 0.29) is 5.91 Å². The van der Waals surface area contributed by atoms with Crippen LogP contribution in [-0.4, -0.2) is 18.6 Å². The number of carbonyl (C=O) groups excluding carboxylic acids is 1. The van der Waals surface area contributed by atoms with Gasteiger partial charge in [0.2, 0.25) is 5.91 Å². The summed E-state index contributed by atoms with van der Waals surface area (Å²) < 4.78 is 6.02. The van der Waals surface area contributed by atoms with Crippen LogP contribution in [0, 0.1) is 0 Å². The SMILES string of the molecule is CCC(N)(CC)C(=O)Nc1ccc(Br)c(OC)c1. The first kappa shape index (κ1) is 15.0. The zero-order valence-corrected chi connectivity index (χ0v) is 12.5. The molecule has 1 amide bonds. The summed E-state index contributed by atoms with van der Waals surface area (Å²) in [5.41, 5.74) is 5.89. The van der Waals surface area contributed by atoms with Crippen LogP contribution in [0.4, 0.5) is 5.69 Å². The molecule has 100 valence electrons. The maximum absolute atomic E-state index is 12.1. The van der Waals surface area contributed by atoms with E-state index in [1.165, 1.54) is 0 Å². The smallest absolute Gasteiger partial charge is 0.244 e. The average molecular weight is 315 g/mol. The molecule has 0 saturated heterocycles. The number of ether oxygens (including phenoxy) is 1. The van der Waals surface area contributed by atoms with Gasteiger partial charge in [0.1, 0.15) is 5.75 Å². The van der Waals surface area contributed by atoms with Crippen molar-refractivity contribution in [3.8, 4) is 5.75 Å². The second-order valence-electron chi connectivity index (χ2n) is 4.17. The lowest BCUT2D eigenvalue weighted by atomic mass is 9.93. The molecule has 4 nitrogen and oxygen atoms in total. The molecular weight excluding hydrogens is 296 g/mol. The maximum Gasteiger partial charge on any atom is 0.244 e. The van der Waals surface area contributed by atoms with Crippen LogP contribution in [0.15, 0.2) is 22.7 Å². The Bertz CT molecular complexity index is 431. The van der Waals surface area contributed by atoms with Crippen molar-refractivity contribution in [1.82, 2.24) is 0 Å². The highest BCUT2D eigenvalue weighted by Crippen LogP contribution is 2.28. The number of amides is 1. The van der Waals surface area contributed by atoms with Gasteiger partial charge < -0.3 is 15.8 Å². The van der Waals surface area contributed by atoms with Crippen LogP contribution in [0.1, 0.15) is 26.7 Å². The zero-order chi connectivity index (χ0) is 13.8. The van der Waals surface area contributed by atoms with Gasteiger partial charge in [-0.15, -0.1) is 0 Å². The van der Waals surface area contributed by atoms with Gasteiger partial charge in [-0.25, -0.2) is 0 Å². The first-order valence-corrected chi connectivity index (χ1v) is 6.70. The molecule has 0 aliphatic carbocycles. The minimum Gasteiger partial charge on any atom is -0.495 e. The molecule has 0 unspecified atom stereocenters.